The van der Waals surface area contributed by atoms with Gasteiger partial charge >= 0.3 is 0 Å². The van der Waals surface area contributed by atoms with Crippen LogP contribution in [0, 0.1) is 0 Å². The molecule has 0 unspecified atom stereocenters. The van der Waals surface area contributed by atoms with Gasteiger partial charge in [0.25, 0.3) is 5.91 Å². The third-order valence-corrected chi connectivity index (χ3v) is 4.69. The van der Waals surface area contributed by atoms with Crippen molar-refractivity contribution >= 4 is 44.2 Å². The van der Waals surface area contributed by atoms with Gasteiger partial charge in [0.05, 0.1) is 15.8 Å². The molecule has 0 aliphatic rings. The summed E-state index contributed by atoms with van der Waals surface area (Å²) >= 11 is 7.34. The molecule has 25 heavy (non-hydrogen) atoms. The van der Waals surface area contributed by atoms with E-state index in [9.17, 15) is 4.79 Å². The minimum atomic E-state index is -0.301. The van der Waals surface area contributed by atoms with Crippen LogP contribution in [0.25, 0.3) is 21.6 Å². The van der Waals surface area contributed by atoms with Crippen molar-refractivity contribution in [3.8, 4) is 11.4 Å². The Hall–Kier alpha value is -2.83. The Bertz CT molecular complexity index is 1050. The van der Waals surface area contributed by atoms with Crippen molar-refractivity contribution < 1.29 is 4.79 Å². The Morgan fingerprint density at radius 2 is 1.80 bits per heavy atom. The molecule has 7 heteroatoms. The number of nitrogens with one attached hydrogen (secondary N) is 1. The Morgan fingerprint density at radius 1 is 1.04 bits per heavy atom. The van der Waals surface area contributed by atoms with Gasteiger partial charge < -0.3 is 0 Å². The molecule has 4 rings (SSSR count). The van der Waals surface area contributed by atoms with E-state index < -0.39 is 0 Å². The molecule has 0 aliphatic carbocycles. The number of hydrogen-bond acceptors (Lipinski definition) is 5. The van der Waals surface area contributed by atoms with Crippen molar-refractivity contribution in [2.75, 3.05) is 5.32 Å². The molecular weight excluding hydrogens is 356 g/mol. The van der Waals surface area contributed by atoms with Crippen molar-refractivity contribution in [1.29, 1.82) is 0 Å². The lowest BCUT2D eigenvalue weighted by Gasteiger charge is -2.03. The van der Waals surface area contributed by atoms with Gasteiger partial charge in [-0.2, -0.15) is 0 Å². The molecule has 0 bridgehead atoms. The number of fused-ring (bicyclic) bond motifs is 1. The normalized spacial score (nSPS) is 10.8. The first-order chi connectivity index (χ1) is 12.2. The maximum Gasteiger partial charge on any atom is 0.260 e. The average molecular weight is 367 g/mol. The predicted molar refractivity (Wildman–Crippen MR) is 100 cm³/mol. The highest BCUT2D eigenvalue weighted by molar-refractivity contribution is 7.22. The second-order valence-corrected chi connectivity index (χ2v) is 6.71. The lowest BCUT2D eigenvalue weighted by Crippen LogP contribution is -2.12. The van der Waals surface area contributed by atoms with E-state index in [4.69, 9.17) is 11.6 Å². The first-order valence-electron chi connectivity index (χ1n) is 7.44. The van der Waals surface area contributed by atoms with Gasteiger partial charge in [0, 0.05) is 23.0 Å². The number of carbonyl (C=O) groups excluding carboxylic acids is 1. The molecule has 4 aromatic rings. The minimum absolute atomic E-state index is 0.301. The number of hydrogen-bond donors (Lipinski definition) is 1. The summed E-state index contributed by atoms with van der Waals surface area (Å²) in [5.41, 5.74) is 2.06. The highest BCUT2D eigenvalue weighted by Crippen LogP contribution is 2.28. The molecule has 0 atom stereocenters. The molecule has 0 spiro atoms. The lowest BCUT2D eigenvalue weighted by atomic mass is 10.2. The lowest BCUT2D eigenvalue weighted by molar-refractivity contribution is 0.102. The monoisotopic (exact) mass is 366 g/mol. The van der Waals surface area contributed by atoms with Crippen LogP contribution in [0.2, 0.25) is 5.02 Å². The number of halogens is 1. The Labute approximate surface area is 152 Å². The van der Waals surface area contributed by atoms with Gasteiger partial charge in [-0.3, -0.25) is 10.1 Å². The van der Waals surface area contributed by atoms with Crippen molar-refractivity contribution in [2.24, 2.45) is 0 Å². The second-order valence-electron chi connectivity index (χ2n) is 5.25. The zero-order valence-corrected chi connectivity index (χ0v) is 14.4. The highest BCUT2D eigenvalue weighted by atomic mass is 35.5. The first kappa shape index (κ1) is 15.7. The largest absolute Gasteiger partial charge is 0.298 e. The van der Waals surface area contributed by atoms with Crippen molar-refractivity contribution in [1.82, 2.24) is 15.0 Å². The Balaban J connectivity index is 1.54. The summed E-state index contributed by atoms with van der Waals surface area (Å²) in [7, 11) is 0. The number of amides is 1. The third kappa shape index (κ3) is 3.35. The van der Waals surface area contributed by atoms with Crippen LogP contribution in [0.3, 0.4) is 0 Å². The maximum atomic E-state index is 12.4. The number of rotatable bonds is 3. The van der Waals surface area contributed by atoms with Gasteiger partial charge in [-0.1, -0.05) is 53.3 Å². The molecule has 5 nitrogen and oxygen atoms in total. The zero-order chi connectivity index (χ0) is 17.2. The van der Waals surface area contributed by atoms with Gasteiger partial charge in [-0.05, 0) is 18.2 Å². The van der Waals surface area contributed by atoms with Gasteiger partial charge in [0.2, 0.25) is 0 Å². The number of benzene rings is 2. The summed E-state index contributed by atoms with van der Waals surface area (Å²) in [4.78, 5) is 25.2. The molecule has 0 aliphatic heterocycles. The number of anilines is 1. The predicted octanol–water partition coefficient (Wildman–Crippen LogP) is 4.66. The van der Waals surface area contributed by atoms with E-state index in [1.54, 1.807) is 6.07 Å². The summed E-state index contributed by atoms with van der Waals surface area (Å²) in [6, 6.07) is 15.0. The van der Waals surface area contributed by atoms with Gasteiger partial charge in [0.1, 0.15) is 0 Å². The summed E-state index contributed by atoms with van der Waals surface area (Å²) in [5, 5.41) is 3.92. The average Bonchev–Trinajstić information content (AvgIpc) is 3.04. The highest BCUT2D eigenvalue weighted by Gasteiger charge is 2.11. The van der Waals surface area contributed by atoms with Crippen LogP contribution in [0.5, 0.6) is 0 Å². The zero-order valence-electron chi connectivity index (χ0n) is 12.8. The second kappa shape index (κ2) is 6.58. The quantitative estimate of drug-likeness (QED) is 0.572. The summed E-state index contributed by atoms with van der Waals surface area (Å²) in [5.74, 6) is 0.275. The molecule has 0 saturated carbocycles. The molecule has 0 radical (unpaired) electrons. The van der Waals surface area contributed by atoms with Gasteiger partial charge in [-0.15, -0.1) is 0 Å². The van der Waals surface area contributed by atoms with Crippen LogP contribution < -0.4 is 5.32 Å². The summed E-state index contributed by atoms with van der Waals surface area (Å²) in [6.07, 6.45) is 3.02. The van der Waals surface area contributed by atoms with Gasteiger partial charge in [-0.25, -0.2) is 15.0 Å². The fraction of sp³-hybridized carbons (Fsp3) is 0. The van der Waals surface area contributed by atoms with E-state index in [-0.39, 0.29) is 5.91 Å². The van der Waals surface area contributed by atoms with Crippen LogP contribution in [-0.4, -0.2) is 20.9 Å². The van der Waals surface area contributed by atoms with Gasteiger partial charge in [0.15, 0.2) is 11.0 Å². The number of thiazole rings is 1. The van der Waals surface area contributed by atoms with E-state index in [1.165, 1.54) is 23.7 Å². The molecular formula is C18H11ClN4OS. The van der Waals surface area contributed by atoms with E-state index in [0.29, 0.717) is 21.5 Å². The maximum absolute atomic E-state index is 12.4. The number of carbonyl (C=O) groups is 1. The van der Waals surface area contributed by atoms with Crippen LogP contribution in [0.1, 0.15) is 10.4 Å². The van der Waals surface area contributed by atoms with Crippen LogP contribution >= 0.6 is 22.9 Å². The van der Waals surface area contributed by atoms with E-state index in [1.807, 2.05) is 42.5 Å². The SMILES string of the molecule is O=C(Nc1nc2ccc(Cl)cc2s1)c1cnc(-c2ccccc2)nc1. The standard InChI is InChI=1S/C18H11ClN4OS/c19-13-6-7-14-15(8-13)25-18(22-14)23-17(24)12-9-20-16(21-10-12)11-4-2-1-3-5-11/h1-10H,(H,22,23,24). The van der Waals surface area contributed by atoms with Crippen LogP contribution in [0.4, 0.5) is 5.13 Å². The van der Waals surface area contributed by atoms with Crippen molar-refractivity contribution in [3.05, 3.63) is 71.5 Å². The number of nitrogens with zero attached hydrogens (tertiary/aromatic N) is 3. The molecule has 0 fully saturated rings. The molecule has 122 valence electrons. The molecule has 2 aromatic heterocycles. The fourth-order valence-corrected chi connectivity index (χ4v) is 3.44. The van der Waals surface area contributed by atoms with E-state index >= 15 is 0 Å². The first-order valence-corrected chi connectivity index (χ1v) is 8.63. The van der Waals surface area contributed by atoms with Crippen LogP contribution in [-0.2, 0) is 0 Å². The molecule has 0 saturated heterocycles. The smallest absolute Gasteiger partial charge is 0.260 e. The Morgan fingerprint density at radius 3 is 2.56 bits per heavy atom. The topological polar surface area (TPSA) is 67.8 Å². The summed E-state index contributed by atoms with van der Waals surface area (Å²) in [6.45, 7) is 0. The van der Waals surface area contributed by atoms with Crippen molar-refractivity contribution in [2.45, 2.75) is 0 Å². The Kier molecular flexibility index (Phi) is 4.13. The third-order valence-electron chi connectivity index (χ3n) is 3.52. The summed E-state index contributed by atoms with van der Waals surface area (Å²) < 4.78 is 0.915. The van der Waals surface area contributed by atoms with E-state index in [0.717, 1.165) is 15.8 Å². The fourth-order valence-electron chi connectivity index (χ4n) is 2.30. The van der Waals surface area contributed by atoms with Crippen LogP contribution in [0.15, 0.2) is 60.9 Å². The molecule has 1 amide bonds. The molecule has 2 aromatic carbocycles. The van der Waals surface area contributed by atoms with E-state index in [2.05, 4.69) is 20.3 Å². The molecule has 1 N–H and O–H groups in total. The molecule has 2 heterocycles. The van der Waals surface area contributed by atoms with Crippen molar-refractivity contribution in [3.63, 3.8) is 0 Å². The minimum Gasteiger partial charge on any atom is -0.298 e. The number of aromatic nitrogens is 3.